The first-order valence-electron chi connectivity index (χ1n) is 3.10. The third-order valence-electron chi connectivity index (χ3n) is 1.23. The molecule has 1 aliphatic carbocycles. The summed E-state index contributed by atoms with van der Waals surface area (Å²) in [4.78, 5) is 0.794. The van der Waals surface area contributed by atoms with Crippen molar-refractivity contribution in [1.82, 2.24) is 0 Å². The second-order valence-corrected chi connectivity index (χ2v) is 4.16. The second kappa shape index (κ2) is 4.14. The highest BCUT2D eigenvalue weighted by Crippen LogP contribution is 2.17. The first kappa shape index (κ1) is 8.28. The summed E-state index contributed by atoms with van der Waals surface area (Å²) in [5.74, 6) is 0. The molecule has 0 spiro atoms. The number of hydrogen-bond acceptors (Lipinski definition) is 0. The van der Waals surface area contributed by atoms with Gasteiger partial charge < -0.3 is 0 Å². The third-order valence-corrected chi connectivity index (χ3v) is 3.69. The summed E-state index contributed by atoms with van der Waals surface area (Å²) >= 11 is 7.04. The standard InChI is InChI=1S/C8H8Br2/c9-7-5-3-1-2-4-6-8(7)10/h1-8H/b2-1-,5-3-,6-4-/t7-,8+. The third kappa shape index (κ3) is 2.43. The van der Waals surface area contributed by atoms with Crippen LogP contribution < -0.4 is 0 Å². The molecule has 0 aromatic carbocycles. The smallest absolute Gasteiger partial charge is 0.0488 e. The Morgan fingerprint density at radius 3 is 1.50 bits per heavy atom. The van der Waals surface area contributed by atoms with Crippen LogP contribution in [0.3, 0.4) is 0 Å². The fourth-order valence-corrected chi connectivity index (χ4v) is 1.39. The summed E-state index contributed by atoms with van der Waals surface area (Å²) in [5.41, 5.74) is 0. The van der Waals surface area contributed by atoms with Gasteiger partial charge in [0.15, 0.2) is 0 Å². The zero-order chi connectivity index (χ0) is 7.40. The van der Waals surface area contributed by atoms with E-state index in [9.17, 15) is 0 Å². The van der Waals surface area contributed by atoms with Gasteiger partial charge in [0.05, 0.1) is 0 Å². The zero-order valence-corrected chi connectivity index (χ0v) is 8.55. The van der Waals surface area contributed by atoms with Gasteiger partial charge in [0.1, 0.15) is 0 Å². The summed E-state index contributed by atoms with van der Waals surface area (Å²) < 4.78 is 0. The maximum absolute atomic E-state index is 3.52. The molecule has 0 aliphatic heterocycles. The number of alkyl halides is 2. The predicted octanol–water partition coefficient (Wildman–Crippen LogP) is 3.20. The molecule has 0 fully saturated rings. The molecule has 0 saturated carbocycles. The molecule has 0 aromatic rings. The Kier molecular flexibility index (Phi) is 3.43. The van der Waals surface area contributed by atoms with Gasteiger partial charge in [0, 0.05) is 9.65 Å². The molecule has 0 heterocycles. The minimum atomic E-state index is 0.397. The maximum atomic E-state index is 3.52. The van der Waals surface area contributed by atoms with Crippen LogP contribution in [0.5, 0.6) is 0 Å². The van der Waals surface area contributed by atoms with Crippen LogP contribution in [0, 0.1) is 0 Å². The summed E-state index contributed by atoms with van der Waals surface area (Å²) in [7, 11) is 0. The molecule has 54 valence electrons. The maximum Gasteiger partial charge on any atom is 0.0488 e. The van der Waals surface area contributed by atoms with E-state index in [1.54, 1.807) is 0 Å². The minimum absolute atomic E-state index is 0.397. The van der Waals surface area contributed by atoms with E-state index in [2.05, 4.69) is 44.0 Å². The molecule has 1 rings (SSSR count). The van der Waals surface area contributed by atoms with Gasteiger partial charge in [0.25, 0.3) is 0 Å². The summed E-state index contributed by atoms with van der Waals surface area (Å²) in [6, 6.07) is 0. The van der Waals surface area contributed by atoms with E-state index in [0.29, 0.717) is 9.65 Å². The van der Waals surface area contributed by atoms with Crippen LogP contribution in [0.25, 0.3) is 0 Å². The van der Waals surface area contributed by atoms with Crippen molar-refractivity contribution in [2.45, 2.75) is 9.65 Å². The molecule has 0 nitrogen and oxygen atoms in total. The lowest BCUT2D eigenvalue weighted by molar-refractivity contribution is 1.13. The van der Waals surface area contributed by atoms with Crippen LogP contribution in [0.4, 0.5) is 0 Å². The molecule has 0 aromatic heterocycles. The molecule has 2 atom stereocenters. The predicted molar refractivity (Wildman–Crippen MR) is 52.9 cm³/mol. The highest BCUT2D eigenvalue weighted by Gasteiger charge is 2.08. The van der Waals surface area contributed by atoms with Gasteiger partial charge in [-0.05, 0) is 0 Å². The molecular weight excluding hydrogens is 256 g/mol. The fraction of sp³-hybridized carbons (Fsp3) is 0.250. The Hall–Kier alpha value is 0.180. The summed E-state index contributed by atoms with van der Waals surface area (Å²) in [6.07, 6.45) is 12.3. The fourth-order valence-electron chi connectivity index (χ4n) is 0.681. The summed E-state index contributed by atoms with van der Waals surface area (Å²) in [5, 5.41) is 0. The molecule has 1 aliphatic rings. The van der Waals surface area contributed by atoms with Crippen LogP contribution in [-0.2, 0) is 0 Å². The normalized spacial score (nSPS) is 41.4. The minimum Gasteiger partial charge on any atom is -0.0830 e. The van der Waals surface area contributed by atoms with Crippen LogP contribution in [-0.4, -0.2) is 9.65 Å². The van der Waals surface area contributed by atoms with E-state index < -0.39 is 0 Å². The Bertz CT molecular complexity index is 160. The van der Waals surface area contributed by atoms with E-state index in [1.807, 2.05) is 24.3 Å². The number of allylic oxidation sites excluding steroid dienone is 6. The van der Waals surface area contributed by atoms with Crippen molar-refractivity contribution in [1.29, 1.82) is 0 Å². The van der Waals surface area contributed by atoms with Gasteiger partial charge in [-0.3, -0.25) is 0 Å². The number of rotatable bonds is 0. The van der Waals surface area contributed by atoms with Gasteiger partial charge in [-0.1, -0.05) is 68.3 Å². The van der Waals surface area contributed by atoms with Crippen molar-refractivity contribution in [2.75, 3.05) is 0 Å². The van der Waals surface area contributed by atoms with Crippen LogP contribution >= 0.6 is 31.9 Å². The van der Waals surface area contributed by atoms with Gasteiger partial charge in [-0.2, -0.15) is 0 Å². The van der Waals surface area contributed by atoms with E-state index in [0.717, 1.165) is 0 Å². The van der Waals surface area contributed by atoms with E-state index in [1.165, 1.54) is 0 Å². The first-order valence-corrected chi connectivity index (χ1v) is 4.93. The monoisotopic (exact) mass is 262 g/mol. The van der Waals surface area contributed by atoms with Crippen molar-refractivity contribution in [2.24, 2.45) is 0 Å². The van der Waals surface area contributed by atoms with Gasteiger partial charge in [0.2, 0.25) is 0 Å². The topological polar surface area (TPSA) is 0 Å². The van der Waals surface area contributed by atoms with Crippen LogP contribution in [0.15, 0.2) is 36.5 Å². The average Bonchev–Trinajstić information content (AvgIpc) is 1.92. The molecule has 0 N–H and O–H groups in total. The lowest BCUT2D eigenvalue weighted by Crippen LogP contribution is -2.07. The summed E-state index contributed by atoms with van der Waals surface area (Å²) in [6.45, 7) is 0. The molecule has 0 bridgehead atoms. The highest BCUT2D eigenvalue weighted by atomic mass is 79.9. The molecule has 10 heavy (non-hydrogen) atoms. The molecular formula is C8H8Br2. The zero-order valence-electron chi connectivity index (χ0n) is 5.37. The first-order chi connectivity index (χ1) is 4.80. The van der Waals surface area contributed by atoms with Crippen LogP contribution in [0.2, 0.25) is 0 Å². The molecule has 0 saturated heterocycles. The SMILES string of the molecule is Br[C@@H]1\C=C/C=C\C=C/[C@@H]1Br. The van der Waals surface area contributed by atoms with E-state index in [4.69, 9.17) is 0 Å². The lowest BCUT2D eigenvalue weighted by atomic mass is 10.2. The average molecular weight is 264 g/mol. The molecule has 0 unspecified atom stereocenters. The quantitative estimate of drug-likeness (QED) is 0.589. The van der Waals surface area contributed by atoms with Crippen molar-refractivity contribution >= 4 is 31.9 Å². The largest absolute Gasteiger partial charge is 0.0830 e. The molecule has 0 radical (unpaired) electrons. The number of hydrogen-bond donors (Lipinski definition) is 0. The van der Waals surface area contributed by atoms with E-state index in [-0.39, 0.29) is 0 Å². The van der Waals surface area contributed by atoms with Crippen molar-refractivity contribution in [3.05, 3.63) is 36.5 Å². The highest BCUT2D eigenvalue weighted by molar-refractivity contribution is 9.12. The number of halogens is 2. The van der Waals surface area contributed by atoms with Gasteiger partial charge in [-0.15, -0.1) is 0 Å². The van der Waals surface area contributed by atoms with Crippen molar-refractivity contribution in [3.63, 3.8) is 0 Å². The van der Waals surface area contributed by atoms with Crippen LogP contribution in [0.1, 0.15) is 0 Å². The Balaban J connectivity index is 2.71. The Morgan fingerprint density at radius 2 is 1.10 bits per heavy atom. The molecule has 0 amide bonds. The molecule has 2 heteroatoms. The van der Waals surface area contributed by atoms with Gasteiger partial charge in [-0.25, -0.2) is 0 Å². The van der Waals surface area contributed by atoms with E-state index >= 15 is 0 Å². The van der Waals surface area contributed by atoms with Gasteiger partial charge >= 0.3 is 0 Å². The lowest BCUT2D eigenvalue weighted by Gasteiger charge is -2.07. The second-order valence-electron chi connectivity index (χ2n) is 2.04. The Labute approximate surface area is 78.0 Å². The van der Waals surface area contributed by atoms with Crippen molar-refractivity contribution in [3.8, 4) is 0 Å². The Morgan fingerprint density at radius 1 is 0.700 bits per heavy atom. The van der Waals surface area contributed by atoms with Crippen molar-refractivity contribution < 1.29 is 0 Å².